The summed E-state index contributed by atoms with van der Waals surface area (Å²) in [4.78, 5) is 11.8. The Hall–Kier alpha value is -1.52. The van der Waals surface area contributed by atoms with E-state index in [1.54, 1.807) is 0 Å². The van der Waals surface area contributed by atoms with E-state index in [2.05, 4.69) is 5.32 Å². The highest BCUT2D eigenvalue weighted by molar-refractivity contribution is 5.85. The average molecular weight is 311 g/mol. The number of benzene rings is 1. The number of amides is 1. The second-order valence-electron chi connectivity index (χ2n) is 5.20. The van der Waals surface area contributed by atoms with Crippen molar-refractivity contribution in [3.05, 3.63) is 36.1 Å². The average Bonchev–Trinajstić information content (AvgIpc) is 2.88. The number of rotatable bonds is 6. The molecule has 0 aliphatic carbocycles. The van der Waals surface area contributed by atoms with Crippen LogP contribution in [0.4, 0.5) is 0 Å². The minimum atomic E-state index is -0.435. The Morgan fingerprint density at radius 3 is 2.76 bits per heavy atom. The molecular weight excluding hydrogens is 288 g/mol. The van der Waals surface area contributed by atoms with Crippen LogP contribution in [0.1, 0.15) is 26.0 Å². The Morgan fingerprint density at radius 1 is 1.38 bits per heavy atom. The van der Waals surface area contributed by atoms with Gasteiger partial charge < -0.3 is 15.5 Å². The molecular formula is C16H23ClN2O2. The smallest absolute Gasteiger partial charge is 0.237 e. The molecule has 1 aromatic carbocycles. The fourth-order valence-corrected chi connectivity index (χ4v) is 2.10. The summed E-state index contributed by atoms with van der Waals surface area (Å²) in [6.07, 6.45) is 1.58. The highest BCUT2D eigenvalue weighted by Crippen LogP contribution is 2.18. The number of furan rings is 1. The Labute approximate surface area is 131 Å². The maximum Gasteiger partial charge on any atom is 0.237 e. The maximum absolute atomic E-state index is 11.8. The molecule has 5 heteroatoms. The van der Waals surface area contributed by atoms with Crippen LogP contribution in [0.15, 0.2) is 34.7 Å². The van der Waals surface area contributed by atoms with Crippen LogP contribution in [0.3, 0.4) is 0 Å². The molecule has 3 N–H and O–H groups in total. The van der Waals surface area contributed by atoms with Gasteiger partial charge in [0.1, 0.15) is 11.3 Å². The highest BCUT2D eigenvalue weighted by atomic mass is 35.5. The van der Waals surface area contributed by atoms with E-state index in [1.807, 2.05) is 44.2 Å². The van der Waals surface area contributed by atoms with Crippen molar-refractivity contribution in [2.45, 2.75) is 32.7 Å². The van der Waals surface area contributed by atoms with E-state index >= 15 is 0 Å². The Morgan fingerprint density at radius 2 is 2.10 bits per heavy atom. The summed E-state index contributed by atoms with van der Waals surface area (Å²) in [6, 6.07) is 9.46. The van der Waals surface area contributed by atoms with Crippen LogP contribution in [-0.4, -0.2) is 18.5 Å². The Bertz CT molecular complexity index is 549. The molecule has 0 aliphatic heterocycles. The van der Waals surface area contributed by atoms with Crippen molar-refractivity contribution in [2.24, 2.45) is 11.7 Å². The van der Waals surface area contributed by atoms with Crippen molar-refractivity contribution in [1.82, 2.24) is 5.32 Å². The quantitative estimate of drug-likeness (QED) is 0.862. The van der Waals surface area contributed by atoms with Crippen molar-refractivity contribution in [3.8, 4) is 0 Å². The lowest BCUT2D eigenvalue weighted by Gasteiger charge is -2.17. The molecule has 2 atom stereocenters. The minimum Gasteiger partial charge on any atom is -0.461 e. The Balaban J connectivity index is 0.00000220. The number of para-hydroxylation sites is 1. The van der Waals surface area contributed by atoms with Gasteiger partial charge >= 0.3 is 0 Å². The number of carbonyl (C=O) groups excluding carboxylic acids is 1. The lowest BCUT2D eigenvalue weighted by molar-refractivity contribution is -0.123. The molecule has 0 saturated carbocycles. The summed E-state index contributed by atoms with van der Waals surface area (Å²) in [7, 11) is 0. The van der Waals surface area contributed by atoms with E-state index in [4.69, 9.17) is 10.2 Å². The number of carbonyl (C=O) groups is 1. The van der Waals surface area contributed by atoms with Gasteiger partial charge in [0, 0.05) is 18.4 Å². The molecule has 2 rings (SSSR count). The molecule has 1 amide bonds. The highest BCUT2D eigenvalue weighted by Gasteiger charge is 2.18. The molecule has 2 aromatic rings. The monoisotopic (exact) mass is 310 g/mol. The van der Waals surface area contributed by atoms with Crippen LogP contribution in [-0.2, 0) is 11.2 Å². The number of hydrogen-bond donors (Lipinski definition) is 2. The van der Waals surface area contributed by atoms with Crippen LogP contribution in [0, 0.1) is 5.92 Å². The maximum atomic E-state index is 11.8. The van der Waals surface area contributed by atoms with Gasteiger partial charge in [0.15, 0.2) is 0 Å². The predicted molar refractivity (Wildman–Crippen MR) is 87.6 cm³/mol. The first-order valence-corrected chi connectivity index (χ1v) is 7.12. The first-order chi connectivity index (χ1) is 9.61. The van der Waals surface area contributed by atoms with Crippen LogP contribution in [0.5, 0.6) is 0 Å². The second kappa shape index (κ2) is 8.05. The zero-order chi connectivity index (χ0) is 14.5. The van der Waals surface area contributed by atoms with Crippen LogP contribution >= 0.6 is 12.4 Å². The zero-order valence-electron chi connectivity index (χ0n) is 12.5. The number of halogens is 1. The summed E-state index contributed by atoms with van der Waals surface area (Å²) in [5.41, 5.74) is 6.76. The van der Waals surface area contributed by atoms with Crippen LogP contribution < -0.4 is 11.1 Å². The molecule has 1 heterocycles. The van der Waals surface area contributed by atoms with Gasteiger partial charge in [0.2, 0.25) is 5.91 Å². The topological polar surface area (TPSA) is 68.3 Å². The van der Waals surface area contributed by atoms with Crippen LogP contribution in [0.2, 0.25) is 0 Å². The second-order valence-corrected chi connectivity index (χ2v) is 5.20. The third-order valence-corrected chi connectivity index (χ3v) is 3.71. The third-order valence-electron chi connectivity index (χ3n) is 3.71. The molecule has 0 bridgehead atoms. The SMILES string of the molecule is CCC(C)C(N)C(=O)NCCc1cc2ccccc2o1.Cl. The molecule has 21 heavy (non-hydrogen) atoms. The molecule has 0 aliphatic rings. The lowest BCUT2D eigenvalue weighted by Crippen LogP contribution is -2.45. The normalized spacial score (nSPS) is 13.5. The molecule has 0 saturated heterocycles. The molecule has 1 aromatic heterocycles. The minimum absolute atomic E-state index is 0. The third kappa shape index (κ3) is 4.48. The standard InChI is InChI=1S/C16H22N2O2.ClH/c1-3-11(2)15(17)16(19)18-9-8-13-10-12-6-4-5-7-14(12)20-13;/h4-7,10-11,15H,3,8-9,17H2,1-2H3,(H,18,19);1H. The number of nitrogens with two attached hydrogens (primary N) is 1. The number of fused-ring (bicyclic) bond motifs is 1. The van der Waals surface area contributed by atoms with Crippen molar-refractivity contribution in [2.75, 3.05) is 6.54 Å². The molecule has 0 spiro atoms. The van der Waals surface area contributed by atoms with Gasteiger partial charge in [-0.05, 0) is 18.1 Å². The van der Waals surface area contributed by atoms with Gasteiger partial charge in [0.25, 0.3) is 0 Å². The summed E-state index contributed by atoms with van der Waals surface area (Å²) in [5.74, 6) is 0.986. The first-order valence-electron chi connectivity index (χ1n) is 7.12. The molecule has 0 radical (unpaired) electrons. The van der Waals surface area contributed by atoms with Crippen molar-refractivity contribution < 1.29 is 9.21 Å². The zero-order valence-corrected chi connectivity index (χ0v) is 13.3. The van der Waals surface area contributed by atoms with E-state index < -0.39 is 6.04 Å². The summed E-state index contributed by atoms with van der Waals surface area (Å²) >= 11 is 0. The fraction of sp³-hybridized carbons (Fsp3) is 0.438. The van der Waals surface area contributed by atoms with E-state index in [-0.39, 0.29) is 24.2 Å². The van der Waals surface area contributed by atoms with Crippen molar-refractivity contribution in [1.29, 1.82) is 0 Å². The fourth-order valence-electron chi connectivity index (χ4n) is 2.10. The van der Waals surface area contributed by atoms with E-state index in [0.717, 1.165) is 23.2 Å². The predicted octanol–water partition coefficient (Wildman–Crippen LogP) is 2.89. The molecule has 4 nitrogen and oxygen atoms in total. The van der Waals surface area contributed by atoms with Gasteiger partial charge in [0.05, 0.1) is 6.04 Å². The first kappa shape index (κ1) is 17.5. The largest absolute Gasteiger partial charge is 0.461 e. The van der Waals surface area contributed by atoms with E-state index in [0.29, 0.717) is 13.0 Å². The van der Waals surface area contributed by atoms with Gasteiger partial charge in [-0.3, -0.25) is 4.79 Å². The lowest BCUT2D eigenvalue weighted by atomic mass is 9.99. The summed E-state index contributed by atoms with van der Waals surface area (Å²) in [6.45, 7) is 4.57. The van der Waals surface area contributed by atoms with Crippen molar-refractivity contribution in [3.63, 3.8) is 0 Å². The van der Waals surface area contributed by atoms with Gasteiger partial charge in [-0.1, -0.05) is 38.5 Å². The number of hydrogen-bond acceptors (Lipinski definition) is 3. The Kier molecular flexibility index (Phi) is 6.72. The van der Waals surface area contributed by atoms with E-state index in [9.17, 15) is 4.79 Å². The van der Waals surface area contributed by atoms with Crippen molar-refractivity contribution >= 4 is 29.3 Å². The number of nitrogens with one attached hydrogen (secondary N) is 1. The van der Waals surface area contributed by atoms with Gasteiger partial charge in [-0.15, -0.1) is 12.4 Å². The molecule has 0 fully saturated rings. The molecule has 2 unspecified atom stereocenters. The van der Waals surface area contributed by atoms with Gasteiger partial charge in [-0.2, -0.15) is 0 Å². The molecule has 116 valence electrons. The van der Waals surface area contributed by atoms with Crippen LogP contribution in [0.25, 0.3) is 11.0 Å². The van der Waals surface area contributed by atoms with Gasteiger partial charge in [-0.25, -0.2) is 0 Å². The summed E-state index contributed by atoms with van der Waals surface area (Å²) < 4.78 is 5.70. The van der Waals surface area contributed by atoms with E-state index in [1.165, 1.54) is 0 Å². The summed E-state index contributed by atoms with van der Waals surface area (Å²) in [5, 5.41) is 3.95.